The molecule has 1 unspecified atom stereocenters. The number of hydrogen-bond donors (Lipinski definition) is 0. The van der Waals surface area contributed by atoms with E-state index < -0.39 is 7.60 Å². The van der Waals surface area contributed by atoms with Crippen molar-refractivity contribution in [3.63, 3.8) is 0 Å². The van der Waals surface area contributed by atoms with Crippen LogP contribution in [-0.2, 0) is 11.0 Å². The van der Waals surface area contributed by atoms with Crippen LogP contribution in [0, 0.1) is 0 Å². The molecular weight excluding hydrogens is 331 g/mol. The summed E-state index contributed by atoms with van der Waals surface area (Å²) in [4.78, 5) is 0. The lowest BCUT2D eigenvalue weighted by atomic mass is 10.0. The first-order valence-electron chi connectivity index (χ1n) is 8.08. The Hall–Kier alpha value is -2.77. The van der Waals surface area contributed by atoms with Gasteiger partial charge < -0.3 is 9.05 Å². The third kappa shape index (κ3) is 2.77. The molecule has 0 saturated carbocycles. The largest absolute Gasteiger partial charge is 0.463 e. The van der Waals surface area contributed by atoms with Crippen molar-refractivity contribution in [3.05, 3.63) is 91.0 Å². The van der Waals surface area contributed by atoms with Crippen LogP contribution in [0.5, 0.6) is 11.5 Å². The molecule has 0 spiro atoms. The van der Waals surface area contributed by atoms with E-state index in [-0.39, 0.29) is 0 Å². The minimum atomic E-state index is -3.54. The molecule has 1 heterocycles. The molecule has 0 bridgehead atoms. The van der Waals surface area contributed by atoms with E-state index >= 15 is 0 Å². The Balaban J connectivity index is 1.83. The molecule has 0 radical (unpaired) electrons. The van der Waals surface area contributed by atoms with Gasteiger partial charge in [0.15, 0.2) is 0 Å². The van der Waals surface area contributed by atoms with Gasteiger partial charge in [0.2, 0.25) is 0 Å². The molecule has 4 heteroatoms. The zero-order chi connectivity index (χ0) is 17.3. The van der Waals surface area contributed by atoms with E-state index in [1.807, 2.05) is 72.8 Å². The highest BCUT2D eigenvalue weighted by atomic mass is 31.2. The molecule has 0 N–H and O–H groups in total. The van der Waals surface area contributed by atoms with Gasteiger partial charge in [-0.3, -0.25) is 0 Å². The number of hydrogen-bond acceptors (Lipinski definition) is 3. The number of rotatable bonds is 4. The quantitative estimate of drug-likeness (QED) is 0.469. The monoisotopic (exact) mass is 348 g/mol. The van der Waals surface area contributed by atoms with E-state index in [9.17, 15) is 4.57 Å². The van der Waals surface area contributed by atoms with Gasteiger partial charge in [0.25, 0.3) is 0 Å². The second-order valence-electron chi connectivity index (χ2n) is 5.79. The summed E-state index contributed by atoms with van der Waals surface area (Å²) in [6.45, 7) is 3.77. The van der Waals surface area contributed by atoms with Gasteiger partial charge in [-0.2, -0.15) is 0 Å². The molecule has 1 aliphatic heterocycles. The average Bonchev–Trinajstić information content (AvgIpc) is 2.64. The van der Waals surface area contributed by atoms with Crippen LogP contribution in [0.1, 0.15) is 5.56 Å². The fourth-order valence-corrected chi connectivity index (χ4v) is 4.85. The molecule has 124 valence electrons. The number of fused-ring (bicyclic) bond motifs is 3. The second-order valence-corrected chi connectivity index (χ2v) is 7.64. The Morgan fingerprint density at radius 3 is 2.44 bits per heavy atom. The van der Waals surface area contributed by atoms with Crippen LogP contribution < -0.4 is 14.4 Å². The molecule has 3 aromatic rings. The lowest BCUT2D eigenvalue weighted by Crippen LogP contribution is -2.21. The molecule has 0 amide bonds. The fourth-order valence-electron chi connectivity index (χ4n) is 3.00. The van der Waals surface area contributed by atoms with Gasteiger partial charge in [-0.25, -0.2) is 4.57 Å². The number of para-hydroxylation sites is 2. The number of allylic oxidation sites excluding steroid dienone is 1. The molecule has 4 rings (SSSR count). The van der Waals surface area contributed by atoms with Gasteiger partial charge in [0.1, 0.15) is 11.5 Å². The highest BCUT2D eigenvalue weighted by Crippen LogP contribution is 2.55. The van der Waals surface area contributed by atoms with Crippen LogP contribution in [0.15, 0.2) is 85.5 Å². The molecule has 0 saturated heterocycles. The van der Waals surface area contributed by atoms with Gasteiger partial charge in [0.05, 0.1) is 5.30 Å². The Morgan fingerprint density at radius 2 is 1.60 bits per heavy atom. The maximum atomic E-state index is 13.7. The summed E-state index contributed by atoms with van der Waals surface area (Å²) < 4.78 is 25.6. The summed E-state index contributed by atoms with van der Waals surface area (Å²) in [6, 6.07) is 22.6. The topological polar surface area (TPSA) is 35.5 Å². The minimum absolute atomic E-state index is 0.555. The summed E-state index contributed by atoms with van der Waals surface area (Å²) in [5.41, 5.74) is 2.73. The predicted octanol–water partition coefficient (Wildman–Crippen LogP) is 5.37. The van der Waals surface area contributed by atoms with Gasteiger partial charge in [-0.05, 0) is 30.2 Å². The maximum Gasteiger partial charge on any atom is 0.463 e. The normalized spacial score (nSPS) is 17.8. The lowest BCUT2D eigenvalue weighted by molar-refractivity contribution is 0.396. The van der Waals surface area contributed by atoms with Crippen LogP contribution >= 0.6 is 7.60 Å². The van der Waals surface area contributed by atoms with Crippen molar-refractivity contribution in [3.8, 4) is 22.6 Å². The Morgan fingerprint density at radius 1 is 0.920 bits per heavy atom. The first-order valence-corrected chi connectivity index (χ1v) is 9.62. The van der Waals surface area contributed by atoms with E-state index in [0.717, 1.165) is 16.7 Å². The third-order valence-electron chi connectivity index (χ3n) is 4.15. The third-order valence-corrected chi connectivity index (χ3v) is 6.00. The zero-order valence-corrected chi connectivity index (χ0v) is 14.5. The second kappa shape index (κ2) is 6.27. The SMILES string of the molecule is C=CCc1ccccc1OP1(=O)Oc2ccccc2-c2ccccc21. The summed E-state index contributed by atoms with van der Waals surface area (Å²) in [5, 5.41) is 0.585. The van der Waals surface area contributed by atoms with Crippen molar-refractivity contribution >= 4 is 12.9 Å². The zero-order valence-electron chi connectivity index (χ0n) is 13.6. The number of benzene rings is 3. The molecule has 1 aliphatic rings. The fraction of sp³-hybridized carbons (Fsp3) is 0.0476. The van der Waals surface area contributed by atoms with E-state index in [1.165, 1.54) is 0 Å². The maximum absolute atomic E-state index is 13.7. The van der Waals surface area contributed by atoms with Crippen LogP contribution in [0.2, 0.25) is 0 Å². The van der Waals surface area contributed by atoms with E-state index in [2.05, 4.69) is 6.58 Å². The standard InChI is InChI=1S/C21H17O3P/c1-2-9-16-10-3-6-13-19(16)23-25(22)21-15-8-5-12-18(21)17-11-4-7-14-20(17)24-25/h2-8,10-15H,1,9H2. The van der Waals surface area contributed by atoms with Gasteiger partial charge in [0, 0.05) is 11.1 Å². The van der Waals surface area contributed by atoms with Crippen molar-refractivity contribution < 1.29 is 13.6 Å². The molecule has 25 heavy (non-hydrogen) atoms. The lowest BCUT2D eigenvalue weighted by Gasteiger charge is -2.28. The molecular formula is C21H17O3P. The van der Waals surface area contributed by atoms with E-state index in [0.29, 0.717) is 23.2 Å². The highest BCUT2D eigenvalue weighted by Gasteiger charge is 2.39. The van der Waals surface area contributed by atoms with Crippen LogP contribution in [0.4, 0.5) is 0 Å². The van der Waals surface area contributed by atoms with Crippen molar-refractivity contribution in [2.24, 2.45) is 0 Å². The van der Waals surface area contributed by atoms with Crippen LogP contribution in [-0.4, -0.2) is 0 Å². The molecule has 0 aliphatic carbocycles. The van der Waals surface area contributed by atoms with Crippen molar-refractivity contribution in [1.82, 2.24) is 0 Å². The predicted molar refractivity (Wildman–Crippen MR) is 101 cm³/mol. The van der Waals surface area contributed by atoms with Crippen molar-refractivity contribution in [2.45, 2.75) is 6.42 Å². The average molecular weight is 348 g/mol. The first-order chi connectivity index (χ1) is 12.2. The van der Waals surface area contributed by atoms with Gasteiger partial charge in [-0.1, -0.05) is 60.7 Å². The summed E-state index contributed by atoms with van der Waals surface area (Å²) in [5.74, 6) is 1.13. The molecule has 3 aromatic carbocycles. The summed E-state index contributed by atoms with van der Waals surface area (Å²) >= 11 is 0. The van der Waals surface area contributed by atoms with Gasteiger partial charge >= 0.3 is 7.60 Å². The smallest absolute Gasteiger partial charge is 0.412 e. The summed E-state index contributed by atoms with van der Waals surface area (Å²) in [6.07, 6.45) is 2.43. The molecule has 0 fully saturated rings. The highest BCUT2D eigenvalue weighted by molar-refractivity contribution is 7.63. The van der Waals surface area contributed by atoms with E-state index in [4.69, 9.17) is 9.05 Å². The van der Waals surface area contributed by atoms with Gasteiger partial charge in [-0.15, -0.1) is 6.58 Å². The Labute approximate surface area is 147 Å². The van der Waals surface area contributed by atoms with Crippen LogP contribution in [0.3, 0.4) is 0 Å². The first kappa shape index (κ1) is 15.7. The molecule has 3 nitrogen and oxygen atoms in total. The Kier molecular flexibility index (Phi) is 3.95. The Bertz CT molecular complexity index is 994. The summed E-state index contributed by atoms with van der Waals surface area (Å²) in [7, 11) is -3.54. The molecule has 1 atom stereocenters. The molecule has 0 aromatic heterocycles. The van der Waals surface area contributed by atoms with E-state index in [1.54, 1.807) is 6.08 Å². The van der Waals surface area contributed by atoms with Crippen molar-refractivity contribution in [2.75, 3.05) is 0 Å². The van der Waals surface area contributed by atoms with Crippen LogP contribution in [0.25, 0.3) is 11.1 Å². The van der Waals surface area contributed by atoms with Crippen molar-refractivity contribution in [1.29, 1.82) is 0 Å². The minimum Gasteiger partial charge on any atom is -0.412 e.